The lowest BCUT2D eigenvalue weighted by atomic mass is 9.95. The minimum absolute atomic E-state index is 0.290. The molecular weight excluding hydrogens is 346 g/mol. The van der Waals surface area contributed by atoms with Crippen molar-refractivity contribution in [3.63, 3.8) is 0 Å². The van der Waals surface area contributed by atoms with Crippen LogP contribution in [0.25, 0.3) is 11.0 Å². The number of esters is 1. The molecule has 0 saturated heterocycles. The lowest BCUT2D eigenvalue weighted by Crippen LogP contribution is -2.28. The zero-order valence-electron chi connectivity index (χ0n) is 14.8. The van der Waals surface area contributed by atoms with Crippen LogP contribution in [-0.2, 0) is 9.53 Å². The molecule has 5 nitrogen and oxygen atoms in total. The van der Waals surface area contributed by atoms with Crippen molar-refractivity contribution in [1.82, 2.24) is 9.55 Å². The molecule has 0 spiro atoms. The van der Waals surface area contributed by atoms with Gasteiger partial charge in [0, 0.05) is 10.6 Å². The molecule has 26 heavy (non-hydrogen) atoms. The van der Waals surface area contributed by atoms with Gasteiger partial charge in [-0.05, 0) is 43.0 Å². The summed E-state index contributed by atoms with van der Waals surface area (Å²) in [6.45, 7) is 1.89. The number of methoxy groups -OCH3 is 1. The molecule has 1 aliphatic heterocycles. The zero-order valence-corrected chi connectivity index (χ0v) is 15.6. The Kier molecular flexibility index (Phi) is 4.20. The van der Waals surface area contributed by atoms with Crippen LogP contribution in [0, 0.1) is 0 Å². The number of thioether (sulfide) groups is 1. The Bertz CT molecular complexity index is 1020. The number of benzene rings is 2. The van der Waals surface area contributed by atoms with Gasteiger partial charge in [-0.3, -0.25) is 4.57 Å². The summed E-state index contributed by atoms with van der Waals surface area (Å²) >= 11 is 1.69. The summed E-state index contributed by atoms with van der Waals surface area (Å²) in [4.78, 5) is 18.5. The number of carbonyl (C=O) groups excluding carboxylic acids is 1. The maximum absolute atomic E-state index is 12.6. The number of nitrogens with one attached hydrogen (secondary N) is 1. The van der Waals surface area contributed by atoms with Crippen LogP contribution in [0.15, 0.2) is 64.7 Å². The van der Waals surface area contributed by atoms with Gasteiger partial charge in [0.25, 0.3) is 0 Å². The Morgan fingerprint density at radius 3 is 2.62 bits per heavy atom. The van der Waals surface area contributed by atoms with E-state index in [2.05, 4.69) is 34.1 Å². The first-order valence-corrected chi connectivity index (χ1v) is 9.53. The van der Waals surface area contributed by atoms with Gasteiger partial charge in [0.15, 0.2) is 0 Å². The number of anilines is 1. The molecule has 1 atom stereocenters. The molecule has 3 aromatic rings. The molecule has 0 aliphatic carbocycles. The summed E-state index contributed by atoms with van der Waals surface area (Å²) < 4.78 is 7.16. The smallest absolute Gasteiger partial charge is 0.337 e. The highest BCUT2D eigenvalue weighted by Gasteiger charge is 2.34. The highest BCUT2D eigenvalue weighted by molar-refractivity contribution is 7.98. The van der Waals surface area contributed by atoms with Crippen molar-refractivity contribution >= 4 is 34.7 Å². The molecular formula is C20H19N3O2S. The maximum Gasteiger partial charge on any atom is 0.337 e. The van der Waals surface area contributed by atoms with Crippen LogP contribution in [0.4, 0.5) is 5.95 Å². The van der Waals surface area contributed by atoms with Gasteiger partial charge in [0.05, 0.1) is 29.8 Å². The fraction of sp³-hybridized carbons (Fsp3) is 0.200. The van der Waals surface area contributed by atoms with Crippen molar-refractivity contribution < 1.29 is 9.53 Å². The Morgan fingerprint density at radius 2 is 1.92 bits per heavy atom. The van der Waals surface area contributed by atoms with Gasteiger partial charge >= 0.3 is 5.97 Å². The number of imidazole rings is 1. The molecule has 0 amide bonds. The number of carbonyl (C=O) groups is 1. The number of aromatic nitrogens is 2. The Balaban J connectivity index is 1.97. The van der Waals surface area contributed by atoms with Gasteiger partial charge in [-0.2, -0.15) is 0 Å². The van der Waals surface area contributed by atoms with E-state index in [9.17, 15) is 4.79 Å². The lowest BCUT2D eigenvalue weighted by Gasteiger charge is -2.30. The van der Waals surface area contributed by atoms with E-state index in [1.807, 2.05) is 37.4 Å². The van der Waals surface area contributed by atoms with Crippen molar-refractivity contribution in [2.24, 2.45) is 0 Å². The third kappa shape index (κ3) is 2.57. The summed E-state index contributed by atoms with van der Waals surface area (Å²) in [6, 6.07) is 15.9. The molecule has 1 aromatic heterocycles. The van der Waals surface area contributed by atoms with E-state index in [1.54, 1.807) is 11.8 Å². The number of hydrogen-bond donors (Lipinski definition) is 1. The molecule has 2 aromatic carbocycles. The zero-order chi connectivity index (χ0) is 18.3. The molecule has 0 bridgehead atoms. The first-order chi connectivity index (χ1) is 12.6. The first-order valence-electron chi connectivity index (χ1n) is 8.31. The highest BCUT2D eigenvalue weighted by Crippen LogP contribution is 2.39. The van der Waals surface area contributed by atoms with Gasteiger partial charge in [-0.1, -0.05) is 24.3 Å². The summed E-state index contributed by atoms with van der Waals surface area (Å²) in [6.07, 6.45) is 2.05. The van der Waals surface area contributed by atoms with Crippen molar-refractivity contribution in [2.45, 2.75) is 17.9 Å². The quantitative estimate of drug-likeness (QED) is 0.556. The second-order valence-corrected chi connectivity index (χ2v) is 7.00. The Morgan fingerprint density at radius 1 is 1.19 bits per heavy atom. The third-order valence-electron chi connectivity index (χ3n) is 4.67. The number of hydrogen-bond acceptors (Lipinski definition) is 5. The van der Waals surface area contributed by atoms with Crippen molar-refractivity contribution in [3.8, 4) is 0 Å². The SMILES string of the molecule is COC(=O)C1=C(C)Nc2nc3ccccc3n2C1c1ccc(SC)cc1. The van der Waals surface area contributed by atoms with Crippen LogP contribution < -0.4 is 5.32 Å². The van der Waals surface area contributed by atoms with Gasteiger partial charge in [-0.25, -0.2) is 9.78 Å². The summed E-state index contributed by atoms with van der Waals surface area (Å²) in [7, 11) is 1.41. The second kappa shape index (κ2) is 6.53. The predicted octanol–water partition coefficient (Wildman–Crippen LogP) is 4.22. The largest absolute Gasteiger partial charge is 0.466 e. The minimum atomic E-state index is -0.336. The molecule has 132 valence electrons. The fourth-order valence-electron chi connectivity index (χ4n) is 3.44. The number of fused-ring (bicyclic) bond motifs is 3. The monoisotopic (exact) mass is 365 g/mol. The number of nitrogens with zero attached hydrogens (tertiary/aromatic N) is 2. The molecule has 2 heterocycles. The molecule has 0 fully saturated rings. The molecule has 0 saturated carbocycles. The first kappa shape index (κ1) is 16.7. The fourth-order valence-corrected chi connectivity index (χ4v) is 3.85. The van der Waals surface area contributed by atoms with Gasteiger partial charge < -0.3 is 10.1 Å². The van der Waals surface area contributed by atoms with Crippen LogP contribution >= 0.6 is 11.8 Å². The third-order valence-corrected chi connectivity index (χ3v) is 5.41. The number of rotatable bonds is 3. The van der Waals surface area contributed by atoms with Gasteiger partial charge in [-0.15, -0.1) is 11.8 Å². The molecule has 1 unspecified atom stereocenters. The van der Waals surface area contributed by atoms with Crippen molar-refractivity contribution in [3.05, 3.63) is 65.4 Å². The van der Waals surface area contributed by atoms with Crippen LogP contribution in [0.3, 0.4) is 0 Å². The van der Waals surface area contributed by atoms with E-state index < -0.39 is 0 Å². The summed E-state index contributed by atoms with van der Waals surface area (Å²) in [5.41, 5.74) is 4.25. The van der Waals surface area contributed by atoms with Gasteiger partial charge in [0.2, 0.25) is 5.95 Å². The predicted molar refractivity (Wildman–Crippen MR) is 104 cm³/mol. The van der Waals surface area contributed by atoms with Gasteiger partial charge in [0.1, 0.15) is 0 Å². The topological polar surface area (TPSA) is 56.1 Å². The Labute approximate surface area is 156 Å². The van der Waals surface area contributed by atoms with E-state index in [-0.39, 0.29) is 12.0 Å². The molecule has 1 N–H and O–H groups in total. The second-order valence-electron chi connectivity index (χ2n) is 6.13. The average Bonchev–Trinajstić information content (AvgIpc) is 3.04. The van der Waals surface area contributed by atoms with E-state index in [1.165, 1.54) is 12.0 Å². The molecule has 0 radical (unpaired) electrons. The van der Waals surface area contributed by atoms with E-state index >= 15 is 0 Å². The van der Waals surface area contributed by atoms with Crippen LogP contribution in [0.1, 0.15) is 18.5 Å². The summed E-state index contributed by atoms with van der Waals surface area (Å²) in [5.74, 6) is 0.396. The maximum atomic E-state index is 12.6. The minimum Gasteiger partial charge on any atom is -0.466 e. The van der Waals surface area contributed by atoms with E-state index in [4.69, 9.17) is 9.72 Å². The van der Waals surface area contributed by atoms with Crippen LogP contribution in [0.2, 0.25) is 0 Å². The average molecular weight is 365 g/mol. The van der Waals surface area contributed by atoms with Crippen LogP contribution in [0.5, 0.6) is 0 Å². The van der Waals surface area contributed by atoms with Crippen LogP contribution in [-0.4, -0.2) is 28.9 Å². The lowest BCUT2D eigenvalue weighted by molar-refractivity contribution is -0.136. The standard InChI is InChI=1S/C20H19N3O2S/c1-12-17(19(24)25-2)18(13-8-10-14(26-3)11-9-13)23-16-7-5-4-6-15(16)22-20(23)21-12/h4-11,18H,1-3H3,(H,21,22). The number of allylic oxidation sites excluding steroid dienone is 1. The van der Waals surface area contributed by atoms with Crippen molar-refractivity contribution in [1.29, 1.82) is 0 Å². The summed E-state index contributed by atoms with van der Waals surface area (Å²) in [5, 5.41) is 3.26. The number of ether oxygens (including phenoxy) is 1. The molecule has 1 aliphatic rings. The normalized spacial score (nSPS) is 16.3. The molecule has 6 heteroatoms. The molecule has 4 rings (SSSR count). The van der Waals surface area contributed by atoms with E-state index in [0.717, 1.165) is 28.2 Å². The van der Waals surface area contributed by atoms with E-state index in [0.29, 0.717) is 5.57 Å². The number of para-hydroxylation sites is 2. The Hall–Kier alpha value is -2.73. The highest BCUT2D eigenvalue weighted by atomic mass is 32.2. The van der Waals surface area contributed by atoms with Crippen molar-refractivity contribution in [2.75, 3.05) is 18.7 Å².